The van der Waals surface area contributed by atoms with Gasteiger partial charge in [0.25, 0.3) is 0 Å². The van der Waals surface area contributed by atoms with Crippen molar-refractivity contribution in [2.45, 2.75) is 26.2 Å². The van der Waals surface area contributed by atoms with E-state index in [9.17, 15) is 9.59 Å². The van der Waals surface area contributed by atoms with Crippen molar-refractivity contribution < 1.29 is 14.3 Å². The van der Waals surface area contributed by atoms with Crippen molar-refractivity contribution in [3.8, 4) is 0 Å². The molecule has 0 saturated carbocycles. The molecule has 1 aliphatic heterocycles. The van der Waals surface area contributed by atoms with Crippen LogP contribution in [0.3, 0.4) is 0 Å². The Hall–Kier alpha value is -1.32. The number of ether oxygens (including phenoxy) is 1. The molecule has 1 saturated heterocycles. The van der Waals surface area contributed by atoms with Crippen LogP contribution in [-0.2, 0) is 9.53 Å². The van der Waals surface area contributed by atoms with Gasteiger partial charge in [0.2, 0.25) is 5.91 Å². The maximum Gasteiger partial charge on any atom is 0.416 e. The van der Waals surface area contributed by atoms with Crippen LogP contribution < -0.4 is 0 Å². The number of imide groups is 1. The van der Waals surface area contributed by atoms with E-state index in [-0.39, 0.29) is 5.91 Å². The van der Waals surface area contributed by atoms with Gasteiger partial charge >= 0.3 is 6.09 Å². The van der Waals surface area contributed by atoms with Crippen molar-refractivity contribution >= 4 is 12.0 Å². The van der Waals surface area contributed by atoms with Crippen LogP contribution in [0.5, 0.6) is 0 Å². The zero-order chi connectivity index (χ0) is 10.6. The Morgan fingerprint density at radius 1 is 1.57 bits per heavy atom. The highest BCUT2D eigenvalue weighted by Crippen LogP contribution is 2.11. The largest absolute Gasteiger partial charge is 0.447 e. The zero-order valence-electron chi connectivity index (χ0n) is 8.41. The van der Waals surface area contributed by atoms with E-state index < -0.39 is 6.09 Å². The predicted octanol–water partition coefficient (Wildman–Crippen LogP) is 1.71. The zero-order valence-corrected chi connectivity index (χ0v) is 8.41. The van der Waals surface area contributed by atoms with E-state index in [0.717, 1.165) is 16.9 Å². The maximum atomic E-state index is 11.5. The molecule has 0 N–H and O–H groups in total. The number of nitrogens with zero attached hydrogens (tertiary/aromatic N) is 1. The van der Waals surface area contributed by atoms with E-state index in [1.54, 1.807) is 0 Å². The number of carbonyl (C=O) groups is 2. The molecule has 0 aromatic carbocycles. The molecule has 0 aromatic heterocycles. The number of hydrogen-bond donors (Lipinski definition) is 0. The molecule has 78 valence electrons. The highest BCUT2D eigenvalue weighted by molar-refractivity contribution is 5.92. The average Bonchev–Trinajstić information content (AvgIpc) is 2.60. The molecule has 1 fully saturated rings. The summed E-state index contributed by atoms with van der Waals surface area (Å²) >= 11 is 0. The second-order valence-corrected chi connectivity index (χ2v) is 3.26. The van der Waals surface area contributed by atoms with Crippen LogP contribution in [-0.4, -0.2) is 30.1 Å². The minimum absolute atomic E-state index is 0.165. The van der Waals surface area contributed by atoms with E-state index in [1.807, 2.05) is 6.92 Å². The van der Waals surface area contributed by atoms with Gasteiger partial charge < -0.3 is 4.74 Å². The van der Waals surface area contributed by atoms with Crippen molar-refractivity contribution in [3.63, 3.8) is 0 Å². The van der Waals surface area contributed by atoms with Gasteiger partial charge in [0.15, 0.2) is 0 Å². The third-order valence-electron chi connectivity index (χ3n) is 2.25. The highest BCUT2D eigenvalue weighted by Gasteiger charge is 2.27. The molecule has 0 bridgehead atoms. The highest BCUT2D eigenvalue weighted by atomic mass is 16.6. The first-order chi connectivity index (χ1) is 6.65. The summed E-state index contributed by atoms with van der Waals surface area (Å²) in [7, 11) is 0. The molecule has 4 heteroatoms. The van der Waals surface area contributed by atoms with Crippen LogP contribution in [0.25, 0.3) is 0 Å². The number of hydrogen-bond acceptors (Lipinski definition) is 3. The lowest BCUT2D eigenvalue weighted by Gasteiger charge is -2.10. The Morgan fingerprint density at radius 2 is 2.29 bits per heavy atom. The predicted molar refractivity (Wildman–Crippen MR) is 51.7 cm³/mol. The second kappa shape index (κ2) is 4.79. The van der Waals surface area contributed by atoms with Crippen molar-refractivity contribution in [3.05, 3.63) is 12.2 Å². The molecule has 1 rings (SSSR count). The number of cyclic esters (lactones) is 1. The fourth-order valence-electron chi connectivity index (χ4n) is 1.22. The fraction of sp³-hybridized carbons (Fsp3) is 0.600. The molecule has 0 aromatic rings. The Bertz CT molecular complexity index is 260. The molecule has 1 heterocycles. The van der Waals surface area contributed by atoms with Crippen LogP contribution in [0.1, 0.15) is 26.2 Å². The van der Waals surface area contributed by atoms with E-state index in [0.29, 0.717) is 26.0 Å². The molecule has 4 nitrogen and oxygen atoms in total. The topological polar surface area (TPSA) is 46.6 Å². The number of carbonyl (C=O) groups excluding carboxylic acids is 2. The van der Waals surface area contributed by atoms with Crippen LogP contribution in [0.15, 0.2) is 12.2 Å². The van der Waals surface area contributed by atoms with E-state index >= 15 is 0 Å². The van der Waals surface area contributed by atoms with Crippen molar-refractivity contribution in [1.29, 1.82) is 0 Å². The number of rotatable bonds is 4. The summed E-state index contributed by atoms with van der Waals surface area (Å²) in [6.45, 7) is 6.50. The molecule has 1 aliphatic rings. The normalized spacial score (nSPS) is 15.5. The smallest absolute Gasteiger partial charge is 0.416 e. The van der Waals surface area contributed by atoms with Crippen molar-refractivity contribution in [2.24, 2.45) is 0 Å². The van der Waals surface area contributed by atoms with Gasteiger partial charge in [0, 0.05) is 6.42 Å². The summed E-state index contributed by atoms with van der Waals surface area (Å²) < 4.78 is 4.66. The fourth-order valence-corrected chi connectivity index (χ4v) is 1.22. The lowest BCUT2D eigenvalue weighted by Crippen LogP contribution is -2.31. The van der Waals surface area contributed by atoms with Gasteiger partial charge in [0.05, 0.1) is 6.54 Å². The summed E-state index contributed by atoms with van der Waals surface area (Å²) in [5.41, 5.74) is 1.03. The average molecular weight is 197 g/mol. The Balaban J connectivity index is 2.34. The van der Waals surface area contributed by atoms with Gasteiger partial charge in [-0.2, -0.15) is 0 Å². The van der Waals surface area contributed by atoms with Crippen molar-refractivity contribution in [1.82, 2.24) is 4.90 Å². The molecular weight excluding hydrogens is 182 g/mol. The Morgan fingerprint density at radius 3 is 2.79 bits per heavy atom. The molecule has 14 heavy (non-hydrogen) atoms. The summed E-state index contributed by atoms with van der Waals surface area (Å²) in [5, 5.41) is 0. The minimum Gasteiger partial charge on any atom is -0.447 e. The van der Waals surface area contributed by atoms with Gasteiger partial charge in [-0.3, -0.25) is 4.79 Å². The van der Waals surface area contributed by atoms with E-state index in [2.05, 4.69) is 11.3 Å². The molecule has 0 spiro atoms. The summed E-state index contributed by atoms with van der Waals surface area (Å²) in [5.74, 6) is -0.165. The lowest BCUT2D eigenvalue weighted by atomic mass is 10.1. The second-order valence-electron chi connectivity index (χ2n) is 3.26. The van der Waals surface area contributed by atoms with Gasteiger partial charge in [0.1, 0.15) is 6.61 Å². The van der Waals surface area contributed by atoms with Crippen molar-refractivity contribution in [2.75, 3.05) is 13.2 Å². The summed E-state index contributed by atoms with van der Waals surface area (Å²) in [4.78, 5) is 23.6. The third kappa shape index (κ3) is 2.58. The van der Waals surface area contributed by atoms with Gasteiger partial charge in [-0.1, -0.05) is 19.1 Å². The van der Waals surface area contributed by atoms with Crippen LogP contribution in [0.2, 0.25) is 0 Å². The SMILES string of the molecule is C=C(CC)CCC(=O)N1CCOC1=O. The van der Waals surface area contributed by atoms with Gasteiger partial charge in [-0.25, -0.2) is 9.69 Å². The first kappa shape index (κ1) is 10.8. The molecule has 0 aliphatic carbocycles. The van der Waals surface area contributed by atoms with E-state index in [4.69, 9.17) is 0 Å². The third-order valence-corrected chi connectivity index (χ3v) is 2.25. The van der Waals surface area contributed by atoms with Crippen LogP contribution >= 0.6 is 0 Å². The minimum atomic E-state index is -0.517. The standard InChI is InChI=1S/C10H15NO3/c1-3-8(2)4-5-9(12)11-6-7-14-10(11)13/h2-7H2,1H3. The maximum absolute atomic E-state index is 11.5. The summed E-state index contributed by atoms with van der Waals surface area (Å²) in [6.07, 6.45) is 1.36. The molecule has 0 radical (unpaired) electrons. The number of amides is 2. The first-order valence-corrected chi connectivity index (χ1v) is 4.79. The molecule has 0 unspecified atom stereocenters. The molecule has 0 atom stereocenters. The van der Waals surface area contributed by atoms with Gasteiger partial charge in [-0.15, -0.1) is 0 Å². The Labute approximate surface area is 83.5 Å². The van der Waals surface area contributed by atoms with Gasteiger partial charge in [-0.05, 0) is 12.8 Å². The summed E-state index contributed by atoms with van der Waals surface area (Å²) in [6, 6.07) is 0. The molecular formula is C10H15NO3. The first-order valence-electron chi connectivity index (χ1n) is 4.79. The van der Waals surface area contributed by atoms with Crippen LogP contribution in [0.4, 0.5) is 4.79 Å². The van der Waals surface area contributed by atoms with E-state index in [1.165, 1.54) is 0 Å². The number of allylic oxidation sites excluding steroid dienone is 1. The quantitative estimate of drug-likeness (QED) is 0.644. The van der Waals surface area contributed by atoms with Crippen LogP contribution in [0, 0.1) is 0 Å². The monoisotopic (exact) mass is 197 g/mol. The lowest BCUT2D eigenvalue weighted by molar-refractivity contribution is -0.127. The molecule has 2 amide bonds. The Kier molecular flexibility index (Phi) is 3.68.